The van der Waals surface area contributed by atoms with E-state index in [0.29, 0.717) is 17.9 Å². The molecule has 2 aromatic rings. The lowest BCUT2D eigenvalue weighted by Gasteiger charge is -2.12. The monoisotopic (exact) mass is 355 g/mol. The lowest BCUT2D eigenvalue weighted by Crippen LogP contribution is -2.23. The van der Waals surface area contributed by atoms with Crippen molar-refractivity contribution in [3.05, 3.63) is 47.8 Å². The van der Waals surface area contributed by atoms with Crippen molar-refractivity contribution in [2.45, 2.75) is 25.5 Å². The molecule has 26 heavy (non-hydrogen) atoms. The quantitative estimate of drug-likeness (QED) is 0.828. The van der Waals surface area contributed by atoms with Gasteiger partial charge in [-0.05, 0) is 36.6 Å². The fourth-order valence-corrected chi connectivity index (χ4v) is 3.03. The topological polar surface area (TPSA) is 81.7 Å². The van der Waals surface area contributed by atoms with Gasteiger partial charge in [-0.3, -0.25) is 9.78 Å². The number of aromatic nitrogens is 1. The Morgan fingerprint density at radius 2 is 2.12 bits per heavy atom. The van der Waals surface area contributed by atoms with Crippen molar-refractivity contribution in [1.82, 2.24) is 10.3 Å². The Labute approximate surface area is 151 Å². The summed E-state index contributed by atoms with van der Waals surface area (Å²) in [6, 6.07) is 7.43. The molecule has 136 valence electrons. The first-order valence-electron chi connectivity index (χ1n) is 8.75. The zero-order valence-electron chi connectivity index (χ0n) is 14.4. The molecule has 2 aliphatic heterocycles. The van der Waals surface area contributed by atoms with E-state index in [4.69, 9.17) is 14.2 Å². The van der Waals surface area contributed by atoms with E-state index in [1.807, 2.05) is 18.2 Å². The lowest BCUT2D eigenvalue weighted by molar-refractivity contribution is 0.0950. The fourth-order valence-electron chi connectivity index (χ4n) is 3.03. The minimum atomic E-state index is -0.170. The van der Waals surface area contributed by atoms with E-state index in [9.17, 15) is 4.79 Å². The Morgan fingerprint density at radius 1 is 1.19 bits per heavy atom. The van der Waals surface area contributed by atoms with Crippen LogP contribution in [0.2, 0.25) is 0 Å². The number of benzene rings is 1. The molecule has 7 heteroatoms. The van der Waals surface area contributed by atoms with Crippen LogP contribution in [0.1, 0.15) is 28.8 Å². The first-order chi connectivity index (χ1) is 12.8. The third-order valence-corrected chi connectivity index (χ3v) is 4.45. The second kappa shape index (κ2) is 7.61. The minimum absolute atomic E-state index is 0.170. The van der Waals surface area contributed by atoms with Gasteiger partial charge in [-0.25, -0.2) is 0 Å². The number of hydrogen-bond donors (Lipinski definition) is 2. The summed E-state index contributed by atoms with van der Waals surface area (Å²) in [6.07, 6.45) is 5.68. The number of carbonyl (C=O) groups excluding carboxylic acids is 1. The molecular formula is C19H21N3O4. The molecule has 1 fully saturated rings. The lowest BCUT2D eigenvalue weighted by atomic mass is 10.2. The maximum atomic E-state index is 12.4. The van der Waals surface area contributed by atoms with Gasteiger partial charge >= 0.3 is 0 Å². The standard InChI is InChI=1S/C19H21N3O4/c23-19(22-8-13-3-4-17-18(6-13)26-12-25-17)14-7-15(10-20-9-14)21-11-16-2-1-5-24-16/h3-4,6-7,9-10,16,21H,1-2,5,8,11-12H2,(H,22,23). The molecule has 1 saturated heterocycles. The van der Waals surface area contributed by atoms with Crippen LogP contribution in [0.4, 0.5) is 5.69 Å². The molecular weight excluding hydrogens is 334 g/mol. The Kier molecular flexibility index (Phi) is 4.88. The Bertz CT molecular complexity index is 790. The Balaban J connectivity index is 1.33. The van der Waals surface area contributed by atoms with Gasteiger partial charge < -0.3 is 24.8 Å². The van der Waals surface area contributed by atoms with Crippen molar-refractivity contribution < 1.29 is 19.0 Å². The van der Waals surface area contributed by atoms with Crippen LogP contribution in [0.5, 0.6) is 11.5 Å². The molecule has 1 atom stereocenters. The second-order valence-electron chi connectivity index (χ2n) is 6.35. The number of anilines is 1. The number of ether oxygens (including phenoxy) is 3. The Morgan fingerprint density at radius 3 is 3.00 bits per heavy atom. The van der Waals surface area contributed by atoms with Gasteiger partial charge in [0.15, 0.2) is 11.5 Å². The van der Waals surface area contributed by atoms with Gasteiger partial charge in [0.25, 0.3) is 5.91 Å². The summed E-state index contributed by atoms with van der Waals surface area (Å²) in [5.74, 6) is 1.27. The number of hydrogen-bond acceptors (Lipinski definition) is 6. The SMILES string of the molecule is O=C(NCc1ccc2c(c1)OCO2)c1cncc(NCC2CCCO2)c1. The van der Waals surface area contributed by atoms with Crippen LogP contribution in [0.3, 0.4) is 0 Å². The van der Waals surface area contributed by atoms with Crippen LogP contribution in [0, 0.1) is 0 Å². The summed E-state index contributed by atoms with van der Waals surface area (Å²) in [7, 11) is 0. The van der Waals surface area contributed by atoms with E-state index < -0.39 is 0 Å². The average Bonchev–Trinajstić information content (AvgIpc) is 3.35. The van der Waals surface area contributed by atoms with Gasteiger partial charge in [-0.2, -0.15) is 0 Å². The molecule has 2 N–H and O–H groups in total. The van der Waals surface area contributed by atoms with Crippen molar-refractivity contribution in [3.8, 4) is 11.5 Å². The predicted molar refractivity (Wildman–Crippen MR) is 95.4 cm³/mol. The number of nitrogens with one attached hydrogen (secondary N) is 2. The predicted octanol–water partition coefficient (Wildman–Crippen LogP) is 2.33. The number of pyridine rings is 1. The van der Waals surface area contributed by atoms with E-state index in [1.165, 1.54) is 0 Å². The average molecular weight is 355 g/mol. The highest BCUT2D eigenvalue weighted by Crippen LogP contribution is 2.32. The van der Waals surface area contributed by atoms with Crippen molar-refractivity contribution >= 4 is 11.6 Å². The zero-order valence-corrected chi connectivity index (χ0v) is 14.4. The third-order valence-electron chi connectivity index (χ3n) is 4.45. The molecule has 1 aromatic carbocycles. The summed E-state index contributed by atoms with van der Waals surface area (Å²) in [5.41, 5.74) is 2.28. The number of fused-ring (bicyclic) bond motifs is 1. The summed E-state index contributed by atoms with van der Waals surface area (Å²) in [6.45, 7) is 2.20. The number of amides is 1. The van der Waals surface area contributed by atoms with Crippen LogP contribution in [0.25, 0.3) is 0 Å². The highest BCUT2D eigenvalue weighted by atomic mass is 16.7. The third kappa shape index (κ3) is 3.88. The molecule has 0 radical (unpaired) electrons. The fraction of sp³-hybridized carbons (Fsp3) is 0.368. The first-order valence-corrected chi connectivity index (χ1v) is 8.75. The summed E-state index contributed by atoms with van der Waals surface area (Å²) >= 11 is 0. The van der Waals surface area contributed by atoms with Crippen LogP contribution >= 0.6 is 0 Å². The van der Waals surface area contributed by atoms with E-state index >= 15 is 0 Å². The van der Waals surface area contributed by atoms with Crippen molar-refractivity contribution in [3.63, 3.8) is 0 Å². The molecule has 0 bridgehead atoms. The van der Waals surface area contributed by atoms with E-state index in [-0.39, 0.29) is 18.8 Å². The smallest absolute Gasteiger partial charge is 0.253 e. The number of nitrogens with zero attached hydrogens (tertiary/aromatic N) is 1. The molecule has 1 amide bonds. The van der Waals surface area contributed by atoms with Crippen molar-refractivity contribution in [2.75, 3.05) is 25.3 Å². The normalized spacial score (nSPS) is 17.9. The van der Waals surface area contributed by atoms with Gasteiger partial charge in [0.05, 0.1) is 17.4 Å². The van der Waals surface area contributed by atoms with E-state index in [0.717, 1.165) is 43.0 Å². The molecule has 0 aliphatic carbocycles. The van der Waals surface area contributed by atoms with Gasteiger partial charge in [0.1, 0.15) is 0 Å². The highest BCUT2D eigenvalue weighted by molar-refractivity contribution is 5.94. The van der Waals surface area contributed by atoms with Crippen LogP contribution in [-0.2, 0) is 11.3 Å². The molecule has 2 aliphatic rings. The maximum Gasteiger partial charge on any atom is 0.253 e. The number of rotatable bonds is 6. The van der Waals surface area contributed by atoms with Crippen LogP contribution in [-0.4, -0.2) is 36.9 Å². The van der Waals surface area contributed by atoms with Gasteiger partial charge in [-0.1, -0.05) is 6.07 Å². The first kappa shape index (κ1) is 16.7. The van der Waals surface area contributed by atoms with E-state index in [2.05, 4.69) is 15.6 Å². The van der Waals surface area contributed by atoms with E-state index in [1.54, 1.807) is 18.5 Å². The van der Waals surface area contributed by atoms with Gasteiger partial charge in [0, 0.05) is 32.1 Å². The number of carbonyl (C=O) groups is 1. The van der Waals surface area contributed by atoms with Crippen LogP contribution < -0.4 is 20.1 Å². The van der Waals surface area contributed by atoms with Gasteiger partial charge in [0.2, 0.25) is 6.79 Å². The summed E-state index contributed by atoms with van der Waals surface area (Å²) in [5, 5.41) is 6.19. The maximum absolute atomic E-state index is 12.4. The summed E-state index contributed by atoms with van der Waals surface area (Å²) in [4.78, 5) is 16.6. The zero-order chi connectivity index (χ0) is 17.8. The molecule has 4 rings (SSSR count). The summed E-state index contributed by atoms with van der Waals surface area (Å²) < 4.78 is 16.2. The van der Waals surface area contributed by atoms with Crippen LogP contribution in [0.15, 0.2) is 36.7 Å². The van der Waals surface area contributed by atoms with Crippen molar-refractivity contribution in [1.29, 1.82) is 0 Å². The molecule has 3 heterocycles. The van der Waals surface area contributed by atoms with Gasteiger partial charge in [-0.15, -0.1) is 0 Å². The van der Waals surface area contributed by atoms with Crippen molar-refractivity contribution in [2.24, 2.45) is 0 Å². The Hall–Kier alpha value is -2.80. The molecule has 1 aromatic heterocycles. The molecule has 0 saturated carbocycles. The molecule has 1 unspecified atom stereocenters. The second-order valence-corrected chi connectivity index (χ2v) is 6.35. The molecule has 0 spiro atoms. The molecule has 7 nitrogen and oxygen atoms in total. The largest absolute Gasteiger partial charge is 0.454 e. The highest BCUT2D eigenvalue weighted by Gasteiger charge is 2.16. The minimum Gasteiger partial charge on any atom is -0.454 e.